The van der Waals surface area contributed by atoms with Crippen LogP contribution in [0.3, 0.4) is 0 Å². The van der Waals surface area contributed by atoms with Gasteiger partial charge in [0.25, 0.3) is 0 Å². The van der Waals surface area contributed by atoms with Crippen LogP contribution in [0, 0.1) is 0 Å². The summed E-state index contributed by atoms with van der Waals surface area (Å²) in [7, 11) is 1.72. The second-order valence-electron chi connectivity index (χ2n) is 8.28. The average Bonchev–Trinajstić information content (AvgIpc) is 3.33. The summed E-state index contributed by atoms with van der Waals surface area (Å²) in [6.45, 7) is 3.44. The molecular formula is C26H23ClN6O. The summed E-state index contributed by atoms with van der Waals surface area (Å²) >= 11 is 6.25. The fourth-order valence-electron chi connectivity index (χ4n) is 4.66. The lowest BCUT2D eigenvalue weighted by molar-refractivity contribution is 0.413. The molecule has 3 aromatic carbocycles. The third kappa shape index (κ3) is 3.49. The predicted octanol–water partition coefficient (Wildman–Crippen LogP) is 4.93. The van der Waals surface area contributed by atoms with E-state index in [-0.39, 0.29) is 0 Å². The zero-order chi connectivity index (χ0) is 23.1. The van der Waals surface area contributed by atoms with E-state index in [1.165, 1.54) is 0 Å². The molecule has 0 atom stereocenters. The predicted molar refractivity (Wildman–Crippen MR) is 136 cm³/mol. The Morgan fingerprint density at radius 1 is 0.853 bits per heavy atom. The van der Waals surface area contributed by atoms with Gasteiger partial charge in [-0.2, -0.15) is 4.52 Å². The molecule has 5 aromatic rings. The first-order valence-corrected chi connectivity index (χ1v) is 11.6. The molecule has 0 bridgehead atoms. The highest BCUT2D eigenvalue weighted by Crippen LogP contribution is 2.33. The molecule has 1 aliphatic heterocycles. The number of anilines is 2. The van der Waals surface area contributed by atoms with E-state index >= 15 is 0 Å². The number of rotatable bonds is 4. The van der Waals surface area contributed by atoms with Crippen LogP contribution < -0.4 is 14.5 Å². The van der Waals surface area contributed by atoms with Crippen LogP contribution in [-0.4, -0.2) is 53.1 Å². The number of methoxy groups -OCH3 is 1. The van der Waals surface area contributed by atoms with Gasteiger partial charge in [-0.1, -0.05) is 53.2 Å². The van der Waals surface area contributed by atoms with E-state index in [2.05, 4.69) is 44.4 Å². The minimum Gasteiger partial charge on any atom is -0.495 e. The average molecular weight is 471 g/mol. The second kappa shape index (κ2) is 8.50. The summed E-state index contributed by atoms with van der Waals surface area (Å²) in [5, 5.41) is 10.6. The maximum absolute atomic E-state index is 6.25. The third-order valence-electron chi connectivity index (χ3n) is 6.33. The highest BCUT2D eigenvalue weighted by atomic mass is 35.5. The first-order chi connectivity index (χ1) is 16.7. The molecule has 0 amide bonds. The van der Waals surface area contributed by atoms with E-state index in [4.69, 9.17) is 21.3 Å². The standard InChI is InChI=1S/C26H23ClN6O/c1-34-23-12-5-4-11-22(23)31-13-15-32(16-14-31)25-20-9-2-3-10-21(20)33-26(28-25)24(29-30-33)18-7-6-8-19(27)17-18/h2-12,17H,13-16H2,1H3. The van der Waals surface area contributed by atoms with E-state index in [1.54, 1.807) is 7.11 Å². The summed E-state index contributed by atoms with van der Waals surface area (Å²) in [4.78, 5) is 9.82. The Bertz CT molecular complexity index is 1490. The van der Waals surface area contributed by atoms with Gasteiger partial charge in [-0.15, -0.1) is 5.10 Å². The molecule has 0 N–H and O–H groups in total. The van der Waals surface area contributed by atoms with E-state index in [0.717, 1.165) is 71.2 Å². The monoisotopic (exact) mass is 470 g/mol. The lowest BCUT2D eigenvalue weighted by Crippen LogP contribution is -2.47. The Kier molecular flexibility index (Phi) is 5.19. The van der Waals surface area contributed by atoms with Crippen molar-refractivity contribution in [1.29, 1.82) is 0 Å². The van der Waals surface area contributed by atoms with Crippen molar-refractivity contribution in [3.05, 3.63) is 77.8 Å². The molecule has 8 heteroatoms. The quantitative estimate of drug-likeness (QED) is 0.371. The van der Waals surface area contributed by atoms with Gasteiger partial charge in [0.05, 0.1) is 18.3 Å². The van der Waals surface area contributed by atoms with Gasteiger partial charge < -0.3 is 14.5 Å². The van der Waals surface area contributed by atoms with Crippen molar-refractivity contribution in [2.45, 2.75) is 0 Å². The van der Waals surface area contributed by atoms with Gasteiger partial charge in [0.1, 0.15) is 17.3 Å². The molecule has 34 heavy (non-hydrogen) atoms. The van der Waals surface area contributed by atoms with Gasteiger partial charge in [-0.3, -0.25) is 0 Å². The zero-order valence-electron chi connectivity index (χ0n) is 18.7. The van der Waals surface area contributed by atoms with Crippen molar-refractivity contribution in [2.24, 2.45) is 0 Å². The summed E-state index contributed by atoms with van der Waals surface area (Å²) in [5.74, 6) is 1.85. The van der Waals surface area contributed by atoms with Gasteiger partial charge in [0, 0.05) is 42.2 Å². The van der Waals surface area contributed by atoms with E-state index in [9.17, 15) is 0 Å². The van der Waals surface area contributed by atoms with Crippen molar-refractivity contribution in [2.75, 3.05) is 43.1 Å². The number of benzene rings is 3. The van der Waals surface area contributed by atoms with Crippen LogP contribution in [0.25, 0.3) is 27.8 Å². The molecule has 1 saturated heterocycles. The molecule has 1 fully saturated rings. The van der Waals surface area contributed by atoms with Crippen molar-refractivity contribution >= 4 is 39.7 Å². The maximum atomic E-state index is 6.25. The minimum absolute atomic E-state index is 0.659. The topological polar surface area (TPSA) is 58.8 Å². The number of aromatic nitrogens is 4. The lowest BCUT2D eigenvalue weighted by Gasteiger charge is -2.37. The number of para-hydroxylation sites is 3. The normalized spacial score (nSPS) is 14.2. The SMILES string of the molecule is COc1ccccc1N1CCN(c2nc3c(-c4cccc(Cl)c4)nnn3c3ccccc23)CC1. The van der Waals surface area contributed by atoms with Gasteiger partial charge in [-0.05, 0) is 36.4 Å². The number of piperazine rings is 1. The molecule has 0 unspecified atom stereocenters. The maximum Gasteiger partial charge on any atom is 0.186 e. The van der Waals surface area contributed by atoms with Crippen LogP contribution in [0.5, 0.6) is 5.75 Å². The van der Waals surface area contributed by atoms with Crippen LogP contribution in [0.1, 0.15) is 0 Å². The van der Waals surface area contributed by atoms with E-state index in [0.29, 0.717) is 5.02 Å². The second-order valence-corrected chi connectivity index (χ2v) is 8.72. The summed E-state index contributed by atoms with van der Waals surface area (Å²) in [6.07, 6.45) is 0. The number of halogens is 1. The Balaban J connectivity index is 1.40. The summed E-state index contributed by atoms with van der Waals surface area (Å²) < 4.78 is 7.40. The Labute approximate surface area is 202 Å². The van der Waals surface area contributed by atoms with Crippen molar-refractivity contribution in [1.82, 2.24) is 19.8 Å². The Hall–Kier alpha value is -3.84. The molecule has 6 rings (SSSR count). The largest absolute Gasteiger partial charge is 0.495 e. The van der Waals surface area contributed by atoms with E-state index in [1.807, 2.05) is 53.0 Å². The number of hydrogen-bond donors (Lipinski definition) is 0. The minimum atomic E-state index is 0.659. The van der Waals surface area contributed by atoms with Gasteiger partial charge in [0.2, 0.25) is 0 Å². The van der Waals surface area contributed by atoms with Crippen LogP contribution in [0.15, 0.2) is 72.8 Å². The van der Waals surface area contributed by atoms with Crippen molar-refractivity contribution in [3.63, 3.8) is 0 Å². The Morgan fingerprint density at radius 2 is 1.62 bits per heavy atom. The number of hydrogen-bond acceptors (Lipinski definition) is 6. The molecule has 0 saturated carbocycles. The smallest absolute Gasteiger partial charge is 0.186 e. The molecule has 0 aliphatic carbocycles. The molecule has 2 aromatic heterocycles. The first kappa shape index (κ1) is 20.7. The highest BCUT2D eigenvalue weighted by Gasteiger charge is 2.24. The number of nitrogens with zero attached hydrogens (tertiary/aromatic N) is 6. The lowest BCUT2D eigenvalue weighted by atomic mass is 10.1. The fourth-order valence-corrected chi connectivity index (χ4v) is 4.85. The van der Waals surface area contributed by atoms with Crippen LogP contribution in [0.2, 0.25) is 5.02 Å². The molecular weight excluding hydrogens is 448 g/mol. The Morgan fingerprint density at radius 3 is 2.44 bits per heavy atom. The molecule has 0 radical (unpaired) electrons. The molecule has 170 valence electrons. The number of ether oxygens (including phenoxy) is 1. The fraction of sp³-hybridized carbons (Fsp3) is 0.192. The highest BCUT2D eigenvalue weighted by molar-refractivity contribution is 6.30. The molecule has 1 aliphatic rings. The first-order valence-electron chi connectivity index (χ1n) is 11.3. The zero-order valence-corrected chi connectivity index (χ0v) is 19.5. The van der Waals surface area contributed by atoms with Gasteiger partial charge in [0.15, 0.2) is 5.65 Å². The van der Waals surface area contributed by atoms with Gasteiger partial charge >= 0.3 is 0 Å². The van der Waals surface area contributed by atoms with E-state index < -0.39 is 0 Å². The van der Waals surface area contributed by atoms with Crippen LogP contribution in [-0.2, 0) is 0 Å². The molecule has 7 nitrogen and oxygen atoms in total. The third-order valence-corrected chi connectivity index (χ3v) is 6.57. The van der Waals surface area contributed by atoms with Crippen molar-refractivity contribution < 1.29 is 4.74 Å². The summed E-state index contributed by atoms with van der Waals surface area (Å²) in [5.41, 5.74) is 4.46. The van der Waals surface area contributed by atoms with Crippen LogP contribution in [0.4, 0.5) is 11.5 Å². The van der Waals surface area contributed by atoms with Crippen molar-refractivity contribution in [3.8, 4) is 17.0 Å². The summed E-state index contributed by atoms with van der Waals surface area (Å²) in [6, 6.07) is 24.1. The number of fused-ring (bicyclic) bond motifs is 3. The van der Waals surface area contributed by atoms with Gasteiger partial charge in [-0.25, -0.2) is 4.98 Å². The van der Waals surface area contributed by atoms with Crippen LogP contribution >= 0.6 is 11.6 Å². The molecule has 0 spiro atoms. The molecule has 3 heterocycles.